The van der Waals surface area contributed by atoms with Crippen molar-refractivity contribution in [2.24, 2.45) is 0 Å². The molecule has 0 aromatic heterocycles. The Hall–Kier alpha value is -10.7. The fourth-order valence-corrected chi connectivity index (χ4v) is 9.82. The second kappa shape index (κ2) is 43.6. The van der Waals surface area contributed by atoms with Gasteiger partial charge in [-0.1, -0.05) is 183 Å². The van der Waals surface area contributed by atoms with Crippen molar-refractivity contribution in [3.63, 3.8) is 0 Å². The number of benzene rings is 6. The number of rotatable bonds is 9. The zero-order chi connectivity index (χ0) is 68.0. The topological polar surface area (TPSA) is 223 Å². The number of ether oxygens (including phenoxy) is 2. The summed E-state index contributed by atoms with van der Waals surface area (Å²) < 4.78 is 10.3. The van der Waals surface area contributed by atoms with E-state index in [1.165, 1.54) is 115 Å². The summed E-state index contributed by atoms with van der Waals surface area (Å²) >= 11 is 29.3. The van der Waals surface area contributed by atoms with Crippen LogP contribution in [-0.2, 0) is 57.5 Å². The van der Waals surface area contributed by atoms with Crippen LogP contribution in [0.25, 0.3) is 33.4 Å². The summed E-state index contributed by atoms with van der Waals surface area (Å²) in [4.78, 5) is 136. The Morgan fingerprint density at radius 3 is 0.970 bits per heavy atom. The summed E-state index contributed by atoms with van der Waals surface area (Å²) in [5.41, 5.74) is 6.22. The van der Waals surface area contributed by atoms with E-state index in [1.807, 2.05) is 37.3 Å². The van der Waals surface area contributed by atoms with Crippen LogP contribution in [0.5, 0.6) is 11.5 Å². The van der Waals surface area contributed by atoms with E-state index in [1.54, 1.807) is 110 Å². The van der Waals surface area contributed by atoms with E-state index in [2.05, 4.69) is 0 Å². The summed E-state index contributed by atoms with van der Waals surface area (Å²) in [6, 6.07) is 39.8. The van der Waals surface area contributed by atoms with E-state index in [0.29, 0.717) is 76.3 Å². The first-order valence-corrected chi connectivity index (χ1v) is 29.9. The third-order valence-corrected chi connectivity index (χ3v) is 14.6. The van der Waals surface area contributed by atoms with Gasteiger partial charge >= 0.3 is 0 Å². The third-order valence-electron chi connectivity index (χ3n) is 13.2. The van der Waals surface area contributed by atoms with Crippen LogP contribution in [0.2, 0.25) is 25.1 Å². The molecule has 0 unspecified atom stereocenters. The molecule has 0 radical (unpaired) electrons. The van der Waals surface area contributed by atoms with E-state index < -0.39 is 0 Å². The van der Waals surface area contributed by atoms with E-state index in [-0.39, 0.29) is 127 Å². The molecule has 0 spiro atoms. The van der Waals surface area contributed by atoms with Crippen molar-refractivity contribution >= 4 is 161 Å². The molecule has 6 aromatic carbocycles. The van der Waals surface area contributed by atoms with Crippen LogP contribution in [0.1, 0.15) is 92.3 Å². The molecule has 6 aliphatic carbocycles. The fourth-order valence-electron chi connectivity index (χ4n) is 8.73. The van der Waals surface area contributed by atoms with Gasteiger partial charge in [0, 0.05) is 64.7 Å². The smallest absolute Gasteiger partial charge is 0.186 e. The molecule has 524 valence electrons. The maximum Gasteiger partial charge on any atom is 0.186 e. The molecule has 0 amide bonds. The molecule has 14 nitrogen and oxygen atoms in total. The monoisotopic (exact) mass is 1460 g/mol. The number of hydrogen-bond acceptors (Lipinski definition) is 14. The summed E-state index contributed by atoms with van der Waals surface area (Å²) in [5, 5.41) is 2.25. The van der Waals surface area contributed by atoms with Gasteiger partial charge in [0.2, 0.25) is 0 Å². The van der Waals surface area contributed by atoms with E-state index in [4.69, 9.17) is 67.5 Å². The van der Waals surface area contributed by atoms with Crippen LogP contribution in [0.15, 0.2) is 249 Å². The standard InChI is InChI=1S/C14H12O3.C13H10O3.2C12H6Cl2O2.C12H7ClO2.C12H8O2.7CH4/c1-2-17-12-6-3-10(4-7-12)13-9-11(15)5-8-14(13)16;1-16-11-5-2-9(3-6-11)12-8-10(14)4-7-13(12)15;13-7-1-3-11(14)9(5-7)10-6-8(15)2-4-12(10)16;13-7-1-3-9(11(14)5-7)10-6-8(15)2-4-12(10)16;13-9-3-1-2-8(6-9)11-7-10(14)4-5-12(11)15;13-10-6-7-12(14)11(8-10)9-4-2-1-3-5-9;;;;;;;/h3-9H,2H2,1H3;2-8H,1H3;2*1-6H;1-7H;1-8H;7*1H4. The number of carbonyl (C=O) groups excluding carboxylic acids is 12. The fraction of sp³-hybridized carbons (Fsp3) is 0.122. The first-order chi connectivity index (χ1) is 45.0. The highest BCUT2D eigenvalue weighted by molar-refractivity contribution is 6.42. The number of hydrogen-bond donors (Lipinski definition) is 0. The molecule has 0 atom stereocenters. The molecule has 0 heterocycles. The van der Waals surface area contributed by atoms with Gasteiger partial charge in [-0.3, -0.25) is 57.5 Å². The molecule has 0 saturated heterocycles. The Labute approximate surface area is 615 Å². The van der Waals surface area contributed by atoms with Gasteiger partial charge < -0.3 is 9.47 Å². The number of ketones is 12. The summed E-state index contributed by atoms with van der Waals surface area (Å²) in [6.07, 6.45) is 23.2. The average molecular weight is 1460 g/mol. The first kappa shape index (κ1) is 90.3. The summed E-state index contributed by atoms with van der Waals surface area (Å²) in [6.45, 7) is 2.51. The van der Waals surface area contributed by atoms with Crippen molar-refractivity contribution in [3.8, 4) is 11.5 Å². The molecule has 12 rings (SSSR count). The van der Waals surface area contributed by atoms with E-state index in [0.717, 1.165) is 28.2 Å². The Bertz CT molecular complexity index is 4510. The lowest BCUT2D eigenvalue weighted by atomic mass is 9.96. The minimum absolute atomic E-state index is 0. The Balaban J connectivity index is 0.00000117. The molecule has 6 aromatic rings. The third kappa shape index (κ3) is 26.5. The molecule has 0 N–H and O–H groups in total. The largest absolute Gasteiger partial charge is 0.497 e. The minimum Gasteiger partial charge on any atom is -0.497 e. The Morgan fingerprint density at radius 1 is 0.277 bits per heavy atom. The van der Waals surface area contributed by atoms with Gasteiger partial charge in [-0.25, -0.2) is 0 Å². The van der Waals surface area contributed by atoms with Gasteiger partial charge in [-0.15, -0.1) is 0 Å². The van der Waals surface area contributed by atoms with Gasteiger partial charge in [0.05, 0.1) is 18.7 Å². The van der Waals surface area contributed by atoms with Gasteiger partial charge in [-0.05, 0) is 205 Å². The average Bonchev–Trinajstić information content (AvgIpc) is 0.752. The van der Waals surface area contributed by atoms with Crippen LogP contribution < -0.4 is 9.47 Å². The van der Waals surface area contributed by atoms with Crippen molar-refractivity contribution in [2.45, 2.75) is 58.9 Å². The van der Waals surface area contributed by atoms with E-state index >= 15 is 0 Å². The molecule has 101 heavy (non-hydrogen) atoms. The van der Waals surface area contributed by atoms with Gasteiger partial charge in [-0.2, -0.15) is 0 Å². The normalized spacial score (nSPS) is 14.1. The lowest BCUT2D eigenvalue weighted by Crippen LogP contribution is -2.06. The quantitative estimate of drug-likeness (QED) is 0.123. The molecule has 0 bridgehead atoms. The molecule has 19 heteroatoms. The van der Waals surface area contributed by atoms with Crippen LogP contribution in [0, 0.1) is 0 Å². The van der Waals surface area contributed by atoms with Crippen molar-refractivity contribution in [3.05, 3.63) is 307 Å². The first-order valence-electron chi connectivity index (χ1n) is 28.0. The zero-order valence-corrected chi connectivity index (χ0v) is 53.3. The number of halogens is 5. The van der Waals surface area contributed by atoms with Crippen LogP contribution in [0.3, 0.4) is 0 Å². The highest BCUT2D eigenvalue weighted by Crippen LogP contribution is 2.32. The zero-order valence-electron chi connectivity index (χ0n) is 49.5. The lowest BCUT2D eigenvalue weighted by molar-refractivity contribution is -0.113. The molecular formula is C82H77Cl5O14. The predicted octanol–water partition coefficient (Wildman–Crippen LogP) is 18.8. The number of allylic oxidation sites excluding steroid dienone is 24. The van der Waals surface area contributed by atoms with Crippen molar-refractivity contribution in [1.29, 1.82) is 0 Å². The summed E-state index contributed by atoms with van der Waals surface area (Å²) in [5.74, 6) is -0.673. The molecule has 0 aliphatic heterocycles. The molecule has 6 aliphatic rings. The van der Waals surface area contributed by atoms with Gasteiger partial charge in [0.25, 0.3) is 0 Å². The highest BCUT2D eigenvalue weighted by Gasteiger charge is 2.21. The van der Waals surface area contributed by atoms with Crippen LogP contribution in [0.4, 0.5) is 0 Å². The summed E-state index contributed by atoms with van der Waals surface area (Å²) in [7, 11) is 1.58. The van der Waals surface area contributed by atoms with E-state index in [9.17, 15) is 57.5 Å². The molecular weight excluding hydrogens is 1390 g/mol. The van der Waals surface area contributed by atoms with Gasteiger partial charge in [0.1, 0.15) is 11.5 Å². The van der Waals surface area contributed by atoms with Crippen molar-refractivity contribution in [2.75, 3.05) is 13.7 Å². The van der Waals surface area contributed by atoms with Crippen molar-refractivity contribution < 1.29 is 67.0 Å². The van der Waals surface area contributed by atoms with Gasteiger partial charge in [0.15, 0.2) is 69.4 Å². The number of carbonyl (C=O) groups is 12. The number of methoxy groups -OCH3 is 1. The Morgan fingerprint density at radius 2 is 0.594 bits per heavy atom. The highest BCUT2D eigenvalue weighted by atomic mass is 35.5. The molecule has 0 fully saturated rings. The lowest BCUT2D eigenvalue weighted by Gasteiger charge is -2.09. The van der Waals surface area contributed by atoms with Crippen LogP contribution >= 0.6 is 58.0 Å². The molecule has 0 saturated carbocycles. The van der Waals surface area contributed by atoms with Crippen molar-refractivity contribution in [1.82, 2.24) is 0 Å². The van der Waals surface area contributed by atoms with Crippen LogP contribution in [-0.4, -0.2) is 83.1 Å². The SMILES string of the molecule is C.C.C.C.C.C.C.CCOc1ccc(C2=CC(=O)C=CC2=O)cc1.COc1ccc(C2=CC(=O)C=CC2=O)cc1.O=C1C=CC(=O)C(c2cc(Cl)ccc2Cl)=C1.O=C1C=CC(=O)C(c2ccc(Cl)cc2Cl)=C1.O=C1C=CC(=O)C(c2cccc(Cl)c2)=C1.O=C1C=CC(=O)C(c2ccccc2)=C1. The maximum absolute atomic E-state index is 11.6. The Kier molecular flexibility index (Phi) is 39.0. The second-order valence-corrected chi connectivity index (χ2v) is 21.9. The maximum atomic E-state index is 11.6. The predicted molar refractivity (Wildman–Crippen MR) is 411 cm³/mol. The minimum atomic E-state index is -0.247. The second-order valence-electron chi connectivity index (χ2n) is 19.8.